The van der Waals surface area contributed by atoms with Gasteiger partial charge in [0.05, 0.1) is 18.4 Å². The fourth-order valence-corrected chi connectivity index (χ4v) is 3.81. The van der Waals surface area contributed by atoms with Gasteiger partial charge in [-0.05, 0) is 93.1 Å². The van der Waals surface area contributed by atoms with E-state index in [1.165, 1.54) is 6.21 Å². The summed E-state index contributed by atoms with van der Waals surface area (Å²) in [6, 6.07) is 25.9. The molecule has 0 radical (unpaired) electrons. The summed E-state index contributed by atoms with van der Waals surface area (Å²) in [6.07, 6.45) is 1.46. The SMILES string of the molecule is CCOc1cc(/C=N\NC(=O)c2ccc(NC(=O)c3cccc(C)c3)cc2)ccc1OC(=O)c1cccc(C)c1. The standard InChI is InChI=1S/C32H29N3O5/c1-4-39-29-19-23(11-16-28(29)40-32(38)26-10-6-8-22(3)18-26)20-33-35-31(37)24-12-14-27(15-13-24)34-30(36)25-9-5-7-21(2)17-25/h5-20H,4H2,1-3H3,(H,34,36)(H,35,37)/b33-20-. The predicted molar refractivity (Wildman–Crippen MR) is 154 cm³/mol. The van der Waals surface area contributed by atoms with Crippen LogP contribution in [0.15, 0.2) is 96.1 Å². The Balaban J connectivity index is 1.36. The van der Waals surface area contributed by atoms with Crippen molar-refractivity contribution in [2.45, 2.75) is 20.8 Å². The molecular formula is C32H29N3O5. The number of rotatable bonds is 9. The van der Waals surface area contributed by atoms with E-state index >= 15 is 0 Å². The van der Waals surface area contributed by atoms with Crippen LogP contribution in [-0.4, -0.2) is 30.6 Å². The molecule has 0 aliphatic rings. The number of aryl methyl sites for hydroxylation is 2. The lowest BCUT2D eigenvalue weighted by Gasteiger charge is -2.11. The molecule has 0 aliphatic carbocycles. The van der Waals surface area contributed by atoms with E-state index in [9.17, 15) is 14.4 Å². The van der Waals surface area contributed by atoms with Crippen molar-refractivity contribution in [2.24, 2.45) is 5.10 Å². The van der Waals surface area contributed by atoms with Gasteiger partial charge in [0.1, 0.15) is 0 Å². The minimum absolute atomic E-state index is 0.229. The van der Waals surface area contributed by atoms with E-state index in [-0.39, 0.29) is 11.7 Å². The monoisotopic (exact) mass is 535 g/mol. The molecule has 0 aliphatic heterocycles. The zero-order chi connectivity index (χ0) is 28.5. The van der Waals surface area contributed by atoms with E-state index in [1.54, 1.807) is 72.8 Å². The Morgan fingerprint density at radius 2 is 1.43 bits per heavy atom. The van der Waals surface area contributed by atoms with Gasteiger partial charge in [-0.3, -0.25) is 9.59 Å². The van der Waals surface area contributed by atoms with Crippen molar-refractivity contribution in [3.8, 4) is 11.5 Å². The van der Waals surface area contributed by atoms with Crippen LogP contribution in [0.3, 0.4) is 0 Å². The van der Waals surface area contributed by atoms with E-state index < -0.39 is 11.9 Å². The Bertz CT molecular complexity index is 1560. The van der Waals surface area contributed by atoms with E-state index in [4.69, 9.17) is 9.47 Å². The van der Waals surface area contributed by atoms with Gasteiger partial charge in [-0.1, -0.05) is 35.4 Å². The van der Waals surface area contributed by atoms with Gasteiger partial charge in [-0.2, -0.15) is 5.10 Å². The van der Waals surface area contributed by atoms with Crippen LogP contribution in [0.4, 0.5) is 5.69 Å². The third kappa shape index (κ3) is 7.41. The average molecular weight is 536 g/mol. The summed E-state index contributed by atoms with van der Waals surface area (Å²) in [5.74, 6) is -0.473. The number of hydrazone groups is 1. The number of benzene rings is 4. The highest BCUT2D eigenvalue weighted by Crippen LogP contribution is 2.29. The maximum absolute atomic E-state index is 12.6. The fraction of sp³-hybridized carbons (Fsp3) is 0.125. The molecule has 40 heavy (non-hydrogen) atoms. The van der Waals surface area contributed by atoms with Crippen LogP contribution in [0, 0.1) is 13.8 Å². The first-order valence-electron chi connectivity index (χ1n) is 12.7. The number of hydrogen-bond donors (Lipinski definition) is 2. The molecule has 8 nitrogen and oxygen atoms in total. The summed E-state index contributed by atoms with van der Waals surface area (Å²) in [5, 5.41) is 6.84. The second-order valence-corrected chi connectivity index (χ2v) is 9.00. The van der Waals surface area contributed by atoms with Crippen LogP contribution in [-0.2, 0) is 0 Å². The number of amides is 2. The van der Waals surface area contributed by atoms with Crippen LogP contribution < -0.4 is 20.2 Å². The van der Waals surface area contributed by atoms with E-state index in [0.717, 1.165) is 11.1 Å². The van der Waals surface area contributed by atoms with E-state index in [0.29, 0.717) is 40.3 Å². The lowest BCUT2D eigenvalue weighted by molar-refractivity contribution is 0.0727. The first-order valence-corrected chi connectivity index (χ1v) is 12.7. The number of carbonyl (C=O) groups excluding carboxylic acids is 3. The zero-order valence-corrected chi connectivity index (χ0v) is 22.4. The molecule has 4 rings (SSSR count). The van der Waals surface area contributed by atoms with Gasteiger partial charge in [0, 0.05) is 16.8 Å². The molecule has 0 atom stereocenters. The van der Waals surface area contributed by atoms with Crippen LogP contribution in [0.5, 0.6) is 11.5 Å². The van der Waals surface area contributed by atoms with Crippen LogP contribution in [0.1, 0.15) is 54.7 Å². The topological polar surface area (TPSA) is 106 Å². The van der Waals surface area contributed by atoms with E-state index in [1.807, 2.05) is 39.0 Å². The zero-order valence-electron chi connectivity index (χ0n) is 22.4. The molecule has 2 N–H and O–H groups in total. The number of ether oxygens (including phenoxy) is 2. The van der Waals surface area contributed by atoms with Crippen molar-refractivity contribution in [3.63, 3.8) is 0 Å². The van der Waals surface area contributed by atoms with Gasteiger partial charge in [0.25, 0.3) is 11.8 Å². The van der Waals surface area contributed by atoms with Gasteiger partial charge in [0.2, 0.25) is 0 Å². The van der Waals surface area contributed by atoms with Gasteiger partial charge in [-0.25, -0.2) is 10.2 Å². The highest BCUT2D eigenvalue weighted by Gasteiger charge is 2.14. The minimum Gasteiger partial charge on any atom is -0.490 e. The normalized spacial score (nSPS) is 10.7. The Kier molecular flexibility index (Phi) is 9.04. The highest BCUT2D eigenvalue weighted by molar-refractivity contribution is 6.04. The number of nitrogens with zero attached hydrogens (tertiary/aromatic N) is 1. The van der Waals surface area contributed by atoms with Gasteiger partial charge in [0.15, 0.2) is 11.5 Å². The number of carbonyl (C=O) groups is 3. The quantitative estimate of drug-likeness (QED) is 0.119. The maximum Gasteiger partial charge on any atom is 0.343 e. The largest absolute Gasteiger partial charge is 0.490 e. The molecule has 4 aromatic carbocycles. The Morgan fingerprint density at radius 1 is 0.750 bits per heavy atom. The summed E-state index contributed by atoms with van der Waals surface area (Å²) in [6.45, 7) is 6.02. The summed E-state index contributed by atoms with van der Waals surface area (Å²) >= 11 is 0. The smallest absolute Gasteiger partial charge is 0.343 e. The Hall–Kier alpha value is -5.24. The molecular weight excluding hydrogens is 506 g/mol. The average Bonchev–Trinajstić information content (AvgIpc) is 2.95. The summed E-state index contributed by atoms with van der Waals surface area (Å²) in [5.41, 5.74) is 7.00. The van der Waals surface area contributed by atoms with Crippen LogP contribution >= 0.6 is 0 Å². The molecule has 0 heterocycles. The summed E-state index contributed by atoms with van der Waals surface area (Å²) in [7, 11) is 0. The second kappa shape index (κ2) is 13.0. The molecule has 0 fully saturated rings. The van der Waals surface area contributed by atoms with Crippen molar-refractivity contribution in [2.75, 3.05) is 11.9 Å². The number of esters is 1. The second-order valence-electron chi connectivity index (χ2n) is 9.00. The number of hydrogen-bond acceptors (Lipinski definition) is 6. The number of nitrogens with one attached hydrogen (secondary N) is 2. The van der Waals surface area contributed by atoms with Gasteiger partial charge in [-0.15, -0.1) is 0 Å². The van der Waals surface area contributed by atoms with Crippen molar-refractivity contribution < 1.29 is 23.9 Å². The van der Waals surface area contributed by atoms with Gasteiger partial charge >= 0.3 is 5.97 Å². The number of anilines is 1. The third-order valence-corrected chi connectivity index (χ3v) is 5.79. The summed E-state index contributed by atoms with van der Waals surface area (Å²) < 4.78 is 11.2. The van der Waals surface area contributed by atoms with Crippen LogP contribution in [0.2, 0.25) is 0 Å². The molecule has 4 aromatic rings. The van der Waals surface area contributed by atoms with Gasteiger partial charge < -0.3 is 14.8 Å². The minimum atomic E-state index is -0.487. The maximum atomic E-state index is 12.6. The van der Waals surface area contributed by atoms with Crippen molar-refractivity contribution in [1.82, 2.24) is 5.43 Å². The molecule has 0 bridgehead atoms. The Morgan fingerprint density at radius 3 is 2.10 bits per heavy atom. The molecule has 0 spiro atoms. The van der Waals surface area contributed by atoms with Crippen LogP contribution in [0.25, 0.3) is 0 Å². The van der Waals surface area contributed by atoms with Crippen molar-refractivity contribution >= 4 is 29.7 Å². The molecule has 202 valence electrons. The predicted octanol–water partition coefficient (Wildman–Crippen LogP) is 5.94. The molecule has 0 saturated heterocycles. The van der Waals surface area contributed by atoms with Crippen molar-refractivity contribution in [1.29, 1.82) is 0 Å². The fourth-order valence-electron chi connectivity index (χ4n) is 3.81. The summed E-state index contributed by atoms with van der Waals surface area (Å²) in [4.78, 5) is 37.5. The highest BCUT2D eigenvalue weighted by atomic mass is 16.6. The lowest BCUT2D eigenvalue weighted by atomic mass is 10.1. The lowest BCUT2D eigenvalue weighted by Crippen LogP contribution is -2.18. The molecule has 0 saturated carbocycles. The Labute approximate surface area is 232 Å². The molecule has 2 amide bonds. The van der Waals surface area contributed by atoms with E-state index in [2.05, 4.69) is 15.8 Å². The molecule has 8 heteroatoms. The molecule has 0 aromatic heterocycles. The third-order valence-electron chi connectivity index (χ3n) is 5.79. The molecule has 0 unspecified atom stereocenters. The first-order chi connectivity index (χ1) is 19.3. The first kappa shape index (κ1) is 27.8. The van der Waals surface area contributed by atoms with Crippen molar-refractivity contribution in [3.05, 3.63) is 124 Å².